The molecule has 6 aromatic carbocycles. The Bertz CT molecular complexity index is 1480. The number of hydrogen-bond acceptors (Lipinski definition) is 1. The maximum atomic E-state index is 3.47. The molecule has 0 amide bonds. The number of hydrogen-bond donors (Lipinski definition) is 1. The van der Waals surface area contributed by atoms with Crippen molar-refractivity contribution >= 4 is 40.2 Å². The van der Waals surface area contributed by atoms with Gasteiger partial charge in [0.05, 0.1) is 0 Å². The van der Waals surface area contributed by atoms with E-state index in [2.05, 4.69) is 157 Å². The lowest BCUT2D eigenvalue weighted by molar-refractivity contribution is 1.54. The second kappa shape index (κ2) is 10.8. The largest absolute Gasteiger partial charge is 0.356 e. The molecular formula is C36H29NSi. The SMILES string of the molecule is c1ccc(Nc2ccc(-c3ccc([Si](c4ccccc4)(c4ccccc4)c4ccccc4)cc3)cc2)cc1. The summed E-state index contributed by atoms with van der Waals surface area (Å²) in [6.07, 6.45) is 0. The molecule has 0 saturated heterocycles. The molecule has 0 heterocycles. The topological polar surface area (TPSA) is 12.0 Å². The summed E-state index contributed by atoms with van der Waals surface area (Å²) in [5, 5.41) is 9.02. The van der Waals surface area contributed by atoms with Crippen LogP contribution < -0.4 is 26.1 Å². The summed E-state index contributed by atoms with van der Waals surface area (Å²) in [6, 6.07) is 61.4. The Kier molecular flexibility index (Phi) is 6.71. The molecule has 182 valence electrons. The highest BCUT2D eigenvalue weighted by atomic mass is 28.3. The molecule has 0 aliphatic carbocycles. The summed E-state index contributed by atoms with van der Waals surface area (Å²) < 4.78 is 0. The fraction of sp³-hybridized carbons (Fsp3) is 0. The summed E-state index contributed by atoms with van der Waals surface area (Å²) in [6.45, 7) is 0. The zero-order valence-electron chi connectivity index (χ0n) is 21.2. The summed E-state index contributed by atoms with van der Waals surface area (Å²) >= 11 is 0. The highest BCUT2D eigenvalue weighted by Gasteiger charge is 2.41. The van der Waals surface area contributed by atoms with Gasteiger partial charge in [-0.25, -0.2) is 0 Å². The van der Waals surface area contributed by atoms with Gasteiger partial charge in [0.15, 0.2) is 8.07 Å². The van der Waals surface area contributed by atoms with Gasteiger partial charge in [-0.15, -0.1) is 0 Å². The van der Waals surface area contributed by atoms with Crippen LogP contribution in [0.25, 0.3) is 11.1 Å². The first kappa shape index (κ1) is 23.7. The van der Waals surface area contributed by atoms with Gasteiger partial charge in [0.25, 0.3) is 0 Å². The molecule has 38 heavy (non-hydrogen) atoms. The van der Waals surface area contributed by atoms with Crippen molar-refractivity contribution in [2.24, 2.45) is 0 Å². The van der Waals surface area contributed by atoms with E-state index in [0.29, 0.717) is 0 Å². The molecule has 0 spiro atoms. The Labute approximate surface area is 226 Å². The van der Waals surface area contributed by atoms with Crippen LogP contribution in [0.1, 0.15) is 0 Å². The van der Waals surface area contributed by atoms with E-state index >= 15 is 0 Å². The monoisotopic (exact) mass is 503 g/mol. The Morgan fingerprint density at radius 3 is 1.03 bits per heavy atom. The van der Waals surface area contributed by atoms with E-state index in [1.807, 2.05) is 18.2 Å². The van der Waals surface area contributed by atoms with Crippen molar-refractivity contribution in [3.8, 4) is 11.1 Å². The molecule has 1 N–H and O–H groups in total. The Balaban J connectivity index is 1.42. The Morgan fingerprint density at radius 1 is 0.289 bits per heavy atom. The average molecular weight is 504 g/mol. The van der Waals surface area contributed by atoms with E-state index in [-0.39, 0.29) is 0 Å². The molecule has 0 bridgehead atoms. The summed E-state index contributed by atoms with van der Waals surface area (Å²) in [5.41, 5.74) is 4.60. The van der Waals surface area contributed by atoms with E-state index in [4.69, 9.17) is 0 Å². The van der Waals surface area contributed by atoms with Gasteiger partial charge < -0.3 is 5.32 Å². The third kappa shape index (κ3) is 4.58. The predicted octanol–water partition coefficient (Wildman–Crippen LogP) is 6.47. The Morgan fingerprint density at radius 2 is 0.605 bits per heavy atom. The summed E-state index contributed by atoms with van der Waals surface area (Å²) in [5.74, 6) is 0. The van der Waals surface area contributed by atoms with Gasteiger partial charge in [0, 0.05) is 11.4 Å². The molecule has 1 nitrogen and oxygen atoms in total. The zero-order chi connectivity index (χ0) is 25.6. The van der Waals surface area contributed by atoms with Crippen molar-refractivity contribution < 1.29 is 0 Å². The minimum absolute atomic E-state index is 1.08. The van der Waals surface area contributed by atoms with Gasteiger partial charge in [-0.2, -0.15) is 0 Å². The first-order valence-corrected chi connectivity index (χ1v) is 15.0. The molecule has 0 unspecified atom stereocenters. The second-order valence-corrected chi connectivity index (χ2v) is 13.3. The lowest BCUT2D eigenvalue weighted by Gasteiger charge is -2.34. The third-order valence-corrected chi connectivity index (χ3v) is 12.0. The fourth-order valence-electron chi connectivity index (χ4n) is 5.41. The highest BCUT2D eigenvalue weighted by molar-refractivity contribution is 7.19. The maximum absolute atomic E-state index is 3.47. The molecule has 0 aromatic heterocycles. The van der Waals surface area contributed by atoms with Crippen LogP contribution in [0.4, 0.5) is 11.4 Å². The molecule has 0 aliphatic rings. The molecule has 2 heteroatoms. The molecule has 0 saturated carbocycles. The van der Waals surface area contributed by atoms with Gasteiger partial charge in [0.1, 0.15) is 0 Å². The lowest BCUT2D eigenvalue weighted by atomic mass is 10.1. The van der Waals surface area contributed by atoms with Gasteiger partial charge in [0.2, 0.25) is 0 Å². The van der Waals surface area contributed by atoms with Crippen LogP contribution in [0.5, 0.6) is 0 Å². The van der Waals surface area contributed by atoms with E-state index in [9.17, 15) is 0 Å². The van der Waals surface area contributed by atoms with Crippen LogP contribution in [0.15, 0.2) is 170 Å². The van der Waals surface area contributed by atoms with Gasteiger partial charge in [-0.1, -0.05) is 146 Å². The fourth-order valence-corrected chi connectivity index (χ4v) is 10.2. The highest BCUT2D eigenvalue weighted by Crippen LogP contribution is 2.23. The van der Waals surface area contributed by atoms with Crippen LogP contribution in [0, 0.1) is 0 Å². The Hall–Kier alpha value is -4.66. The van der Waals surface area contributed by atoms with E-state index in [1.165, 1.54) is 31.9 Å². The van der Waals surface area contributed by atoms with Gasteiger partial charge >= 0.3 is 0 Å². The standard InChI is InChI=1S/C36H29NSi/c1-5-13-31(14-6-1)37-32-25-21-29(22-26-32)30-23-27-36(28-24-30)38(33-15-7-2-8-16-33,34-17-9-3-10-18-34)35-19-11-4-12-20-35/h1-28,37H. The summed E-state index contributed by atoms with van der Waals surface area (Å²) in [7, 11) is -2.49. The van der Waals surface area contributed by atoms with Crippen LogP contribution in [0.2, 0.25) is 0 Å². The molecular weight excluding hydrogens is 474 g/mol. The van der Waals surface area contributed by atoms with Crippen LogP contribution >= 0.6 is 0 Å². The molecule has 0 atom stereocenters. The summed E-state index contributed by atoms with van der Waals surface area (Å²) in [4.78, 5) is 0. The number of nitrogens with one attached hydrogen (secondary N) is 1. The van der Waals surface area contributed by atoms with Crippen molar-refractivity contribution in [2.75, 3.05) is 5.32 Å². The van der Waals surface area contributed by atoms with Crippen LogP contribution in [-0.2, 0) is 0 Å². The third-order valence-electron chi connectivity index (χ3n) is 7.22. The zero-order valence-corrected chi connectivity index (χ0v) is 22.2. The maximum Gasteiger partial charge on any atom is 0.179 e. The number of rotatable bonds is 7. The van der Waals surface area contributed by atoms with Crippen LogP contribution in [-0.4, -0.2) is 8.07 Å². The van der Waals surface area contributed by atoms with Crippen molar-refractivity contribution in [1.82, 2.24) is 0 Å². The lowest BCUT2D eigenvalue weighted by Crippen LogP contribution is -2.74. The second-order valence-electron chi connectivity index (χ2n) is 9.49. The molecule has 0 fully saturated rings. The van der Waals surface area contributed by atoms with E-state index in [1.54, 1.807) is 0 Å². The quantitative estimate of drug-likeness (QED) is 0.194. The average Bonchev–Trinajstić information content (AvgIpc) is 3.01. The number of benzene rings is 6. The van der Waals surface area contributed by atoms with Crippen molar-refractivity contribution in [2.45, 2.75) is 0 Å². The smallest absolute Gasteiger partial charge is 0.179 e. The minimum Gasteiger partial charge on any atom is -0.356 e. The van der Waals surface area contributed by atoms with Crippen LogP contribution in [0.3, 0.4) is 0 Å². The number of anilines is 2. The van der Waals surface area contributed by atoms with Crippen molar-refractivity contribution in [3.05, 3.63) is 170 Å². The molecule has 0 aliphatic heterocycles. The van der Waals surface area contributed by atoms with Crippen molar-refractivity contribution in [3.63, 3.8) is 0 Å². The van der Waals surface area contributed by atoms with Crippen molar-refractivity contribution in [1.29, 1.82) is 0 Å². The number of para-hydroxylation sites is 1. The van der Waals surface area contributed by atoms with E-state index < -0.39 is 8.07 Å². The molecule has 6 aromatic rings. The minimum atomic E-state index is -2.49. The molecule has 6 rings (SSSR count). The van der Waals surface area contributed by atoms with Gasteiger partial charge in [-0.3, -0.25) is 0 Å². The predicted molar refractivity (Wildman–Crippen MR) is 165 cm³/mol. The first-order chi connectivity index (χ1) is 18.8. The normalized spacial score (nSPS) is 11.2. The first-order valence-electron chi connectivity index (χ1n) is 13.0. The van der Waals surface area contributed by atoms with Gasteiger partial charge in [-0.05, 0) is 56.1 Å². The van der Waals surface area contributed by atoms with E-state index in [0.717, 1.165) is 11.4 Å². The molecule has 0 radical (unpaired) electrons.